The maximum Gasteiger partial charge on any atom is 0.349 e. The van der Waals surface area contributed by atoms with Gasteiger partial charge in [-0.25, -0.2) is 0 Å². The van der Waals surface area contributed by atoms with E-state index in [0.29, 0.717) is 6.07 Å². The number of nitro benzene ring substituents is 2. The molecule has 17 heavy (non-hydrogen) atoms. The van der Waals surface area contributed by atoms with Crippen LogP contribution in [-0.2, 0) is 10.1 Å². The van der Waals surface area contributed by atoms with Crippen molar-refractivity contribution in [2.45, 2.75) is 0 Å². The van der Waals surface area contributed by atoms with Crippen LogP contribution < -0.4 is 4.18 Å². The van der Waals surface area contributed by atoms with E-state index in [9.17, 15) is 28.6 Å². The largest absolute Gasteiger partial charge is 0.382 e. The van der Waals surface area contributed by atoms with E-state index in [0.717, 1.165) is 18.4 Å². The minimum Gasteiger partial charge on any atom is -0.382 e. The van der Waals surface area contributed by atoms with Crippen molar-refractivity contribution in [2.75, 3.05) is 6.26 Å². The predicted molar refractivity (Wildman–Crippen MR) is 55.2 cm³/mol. The molecular weight excluding hydrogens is 256 g/mol. The summed E-state index contributed by atoms with van der Waals surface area (Å²) in [7, 11) is -3.85. The summed E-state index contributed by atoms with van der Waals surface area (Å²) in [5, 5.41) is 21.0. The molecular formula is C7H6N2O7S. The fraction of sp³-hybridized carbons (Fsp3) is 0.143. The van der Waals surface area contributed by atoms with Crippen molar-refractivity contribution in [3.63, 3.8) is 0 Å². The summed E-state index contributed by atoms with van der Waals surface area (Å²) in [4.78, 5) is 19.1. The molecule has 1 rings (SSSR count). The zero-order chi connectivity index (χ0) is 13.2. The van der Waals surface area contributed by atoms with Crippen LogP contribution >= 0.6 is 0 Å². The van der Waals surface area contributed by atoms with E-state index >= 15 is 0 Å². The Morgan fingerprint density at radius 1 is 1.12 bits per heavy atom. The van der Waals surface area contributed by atoms with E-state index in [-0.39, 0.29) is 5.75 Å². The second-order valence-corrected chi connectivity index (χ2v) is 4.53. The average molecular weight is 262 g/mol. The monoisotopic (exact) mass is 262 g/mol. The van der Waals surface area contributed by atoms with Crippen molar-refractivity contribution in [1.82, 2.24) is 0 Å². The fourth-order valence-electron chi connectivity index (χ4n) is 1.03. The van der Waals surface area contributed by atoms with E-state index in [1.807, 2.05) is 0 Å². The van der Waals surface area contributed by atoms with Crippen molar-refractivity contribution >= 4 is 21.5 Å². The first-order chi connectivity index (χ1) is 7.70. The predicted octanol–water partition coefficient (Wildman–Crippen LogP) is 0.841. The van der Waals surface area contributed by atoms with Crippen LogP contribution in [0, 0.1) is 20.2 Å². The summed E-state index contributed by atoms with van der Waals surface area (Å²) < 4.78 is 25.9. The van der Waals surface area contributed by atoms with Gasteiger partial charge in [0.25, 0.3) is 0 Å². The summed E-state index contributed by atoms with van der Waals surface area (Å²) in [5.41, 5.74) is -1.58. The molecule has 0 aromatic heterocycles. The van der Waals surface area contributed by atoms with Crippen LogP contribution in [0.15, 0.2) is 18.2 Å². The SMILES string of the molecule is CS(=O)(=O)Oc1ccc([N+](=O)[O-])c([N+](=O)[O-])c1. The summed E-state index contributed by atoms with van der Waals surface area (Å²) >= 11 is 0. The Bertz CT molecular complexity index is 580. The molecule has 0 saturated carbocycles. The van der Waals surface area contributed by atoms with Crippen LogP contribution in [0.4, 0.5) is 11.4 Å². The highest BCUT2D eigenvalue weighted by Gasteiger charge is 2.25. The summed E-state index contributed by atoms with van der Waals surface area (Å²) in [5.74, 6) is -0.357. The maximum absolute atomic E-state index is 10.8. The highest BCUT2D eigenvalue weighted by Crippen LogP contribution is 2.30. The third kappa shape index (κ3) is 3.38. The van der Waals surface area contributed by atoms with Crippen LogP contribution in [0.5, 0.6) is 5.75 Å². The molecule has 0 bridgehead atoms. The van der Waals surface area contributed by atoms with Gasteiger partial charge < -0.3 is 4.18 Å². The van der Waals surface area contributed by atoms with Gasteiger partial charge in [0, 0.05) is 6.07 Å². The molecule has 0 N–H and O–H groups in total. The lowest BCUT2D eigenvalue weighted by Gasteiger charge is -2.02. The van der Waals surface area contributed by atoms with E-state index < -0.39 is 31.3 Å². The third-order valence-electron chi connectivity index (χ3n) is 1.59. The first-order valence-corrected chi connectivity index (χ1v) is 5.84. The first-order valence-electron chi connectivity index (χ1n) is 4.03. The Morgan fingerprint density at radius 3 is 2.06 bits per heavy atom. The molecule has 0 heterocycles. The van der Waals surface area contributed by atoms with Crippen LogP contribution in [0.1, 0.15) is 0 Å². The number of hydrogen-bond acceptors (Lipinski definition) is 7. The average Bonchev–Trinajstić information content (AvgIpc) is 2.14. The summed E-state index contributed by atoms with van der Waals surface area (Å²) in [6.07, 6.45) is 0.750. The second kappa shape index (κ2) is 4.33. The van der Waals surface area contributed by atoms with Crippen molar-refractivity contribution < 1.29 is 22.4 Å². The molecule has 0 radical (unpaired) electrons. The van der Waals surface area contributed by atoms with Crippen molar-refractivity contribution in [3.8, 4) is 5.75 Å². The molecule has 0 amide bonds. The number of benzene rings is 1. The molecule has 1 aromatic rings. The summed E-state index contributed by atoms with van der Waals surface area (Å²) in [6.45, 7) is 0. The molecule has 9 nitrogen and oxygen atoms in total. The zero-order valence-electron chi connectivity index (χ0n) is 8.39. The lowest BCUT2D eigenvalue weighted by molar-refractivity contribution is -0.422. The number of rotatable bonds is 4. The molecule has 0 spiro atoms. The van der Waals surface area contributed by atoms with Gasteiger partial charge in [0.05, 0.1) is 22.2 Å². The fourth-order valence-corrected chi connectivity index (χ4v) is 1.48. The molecule has 92 valence electrons. The van der Waals surface area contributed by atoms with Gasteiger partial charge in [-0.2, -0.15) is 8.42 Å². The van der Waals surface area contributed by atoms with Gasteiger partial charge in [-0.15, -0.1) is 0 Å². The topological polar surface area (TPSA) is 130 Å². The Labute approximate surface area is 95.1 Å². The molecule has 1 aromatic carbocycles. The summed E-state index contributed by atoms with van der Waals surface area (Å²) in [6, 6.07) is 2.45. The minimum absolute atomic E-state index is 0.357. The molecule has 0 aliphatic carbocycles. The van der Waals surface area contributed by atoms with E-state index in [4.69, 9.17) is 0 Å². The highest BCUT2D eigenvalue weighted by atomic mass is 32.2. The Morgan fingerprint density at radius 2 is 1.65 bits per heavy atom. The van der Waals surface area contributed by atoms with Crippen molar-refractivity contribution in [2.24, 2.45) is 0 Å². The Balaban J connectivity index is 3.28. The van der Waals surface area contributed by atoms with Gasteiger partial charge in [0.2, 0.25) is 0 Å². The number of nitrogens with zero attached hydrogens (tertiary/aromatic N) is 2. The van der Waals surface area contributed by atoms with Crippen LogP contribution in [0.3, 0.4) is 0 Å². The van der Waals surface area contributed by atoms with Gasteiger partial charge in [-0.05, 0) is 6.07 Å². The van der Waals surface area contributed by atoms with E-state index in [1.165, 1.54) is 0 Å². The quantitative estimate of drug-likeness (QED) is 0.446. The van der Waals surface area contributed by atoms with Gasteiger partial charge in [-0.3, -0.25) is 20.2 Å². The highest BCUT2D eigenvalue weighted by molar-refractivity contribution is 7.86. The standard InChI is InChI=1S/C7H6N2O7S/c1-17(14,15)16-5-2-3-6(8(10)11)7(4-5)9(12)13/h2-4H,1H3. The lowest BCUT2D eigenvalue weighted by Crippen LogP contribution is -2.06. The molecule has 0 aliphatic rings. The van der Waals surface area contributed by atoms with Crippen molar-refractivity contribution in [1.29, 1.82) is 0 Å². The smallest absolute Gasteiger partial charge is 0.349 e. The molecule has 0 atom stereocenters. The minimum atomic E-state index is -3.85. The Hall–Kier alpha value is -2.23. The maximum atomic E-state index is 10.8. The molecule has 0 unspecified atom stereocenters. The van der Waals surface area contributed by atoms with Gasteiger partial charge in [0.15, 0.2) is 0 Å². The van der Waals surface area contributed by atoms with Crippen LogP contribution in [0.2, 0.25) is 0 Å². The van der Waals surface area contributed by atoms with E-state index in [1.54, 1.807) is 0 Å². The van der Waals surface area contributed by atoms with Crippen LogP contribution in [0.25, 0.3) is 0 Å². The van der Waals surface area contributed by atoms with Crippen molar-refractivity contribution in [3.05, 3.63) is 38.4 Å². The van der Waals surface area contributed by atoms with Gasteiger partial charge >= 0.3 is 21.5 Å². The van der Waals surface area contributed by atoms with Gasteiger partial charge in [0.1, 0.15) is 5.75 Å². The molecule has 0 saturated heterocycles. The first kappa shape index (κ1) is 12.8. The normalized spacial score (nSPS) is 10.9. The Kier molecular flexibility index (Phi) is 3.27. The van der Waals surface area contributed by atoms with E-state index in [2.05, 4.69) is 4.18 Å². The van der Waals surface area contributed by atoms with Gasteiger partial charge in [-0.1, -0.05) is 0 Å². The lowest BCUT2D eigenvalue weighted by atomic mass is 10.2. The zero-order valence-corrected chi connectivity index (χ0v) is 9.21. The second-order valence-electron chi connectivity index (χ2n) is 2.95. The molecule has 0 aliphatic heterocycles. The number of hydrogen-bond donors (Lipinski definition) is 0. The molecule has 10 heteroatoms. The number of nitro groups is 2. The van der Waals surface area contributed by atoms with Crippen LogP contribution in [-0.4, -0.2) is 24.5 Å². The molecule has 0 fully saturated rings. The third-order valence-corrected chi connectivity index (χ3v) is 2.08.